The number of nitrogens with zero attached hydrogens (tertiary/aromatic N) is 3. The first-order valence-electron chi connectivity index (χ1n) is 7.25. The van der Waals surface area contributed by atoms with Gasteiger partial charge in [-0.2, -0.15) is 0 Å². The molecule has 1 aliphatic rings. The number of benzene rings is 1. The fraction of sp³-hybridized carbons (Fsp3) is 0.133. The van der Waals surface area contributed by atoms with Gasteiger partial charge in [-0.05, 0) is 24.3 Å². The highest BCUT2D eigenvalue weighted by Crippen LogP contribution is 2.33. The minimum absolute atomic E-state index is 0.0567. The lowest BCUT2D eigenvalue weighted by Gasteiger charge is -2.05. The minimum atomic E-state index is -3.76. The molecule has 0 bridgehead atoms. The average Bonchev–Trinajstić information content (AvgIpc) is 3.29. The molecule has 1 aliphatic heterocycles. The molecule has 10 heteroatoms. The van der Waals surface area contributed by atoms with Crippen LogP contribution in [0.4, 0.5) is 0 Å². The first-order chi connectivity index (χ1) is 12.1. The van der Waals surface area contributed by atoms with Gasteiger partial charge < -0.3 is 13.9 Å². The van der Waals surface area contributed by atoms with Gasteiger partial charge in [0.25, 0.3) is 5.89 Å². The van der Waals surface area contributed by atoms with Gasteiger partial charge in [-0.3, -0.25) is 4.98 Å². The van der Waals surface area contributed by atoms with E-state index in [4.69, 9.17) is 13.9 Å². The van der Waals surface area contributed by atoms with Crippen molar-refractivity contribution < 1.29 is 22.3 Å². The van der Waals surface area contributed by atoms with E-state index in [1.54, 1.807) is 30.5 Å². The number of fused-ring (bicyclic) bond motifs is 1. The van der Waals surface area contributed by atoms with Crippen molar-refractivity contribution >= 4 is 10.0 Å². The molecule has 0 spiro atoms. The number of hydrogen-bond acceptors (Lipinski definition) is 8. The van der Waals surface area contributed by atoms with Gasteiger partial charge in [-0.15, -0.1) is 10.2 Å². The van der Waals surface area contributed by atoms with Crippen LogP contribution in [-0.4, -0.2) is 30.4 Å². The number of rotatable bonds is 5. The molecule has 1 N–H and O–H groups in total. The van der Waals surface area contributed by atoms with E-state index in [1.807, 2.05) is 0 Å². The first-order valence-corrected chi connectivity index (χ1v) is 8.73. The lowest BCUT2D eigenvalue weighted by Crippen LogP contribution is -2.23. The highest BCUT2D eigenvalue weighted by atomic mass is 32.2. The van der Waals surface area contributed by atoms with Gasteiger partial charge in [0.05, 0.1) is 11.4 Å². The highest BCUT2D eigenvalue weighted by Gasteiger charge is 2.21. The van der Waals surface area contributed by atoms with Crippen LogP contribution >= 0.6 is 0 Å². The first kappa shape index (κ1) is 15.5. The lowest BCUT2D eigenvalue weighted by molar-refractivity contribution is 0.174. The second-order valence-electron chi connectivity index (χ2n) is 5.06. The number of pyridine rings is 1. The summed E-state index contributed by atoms with van der Waals surface area (Å²) < 4.78 is 42.9. The summed E-state index contributed by atoms with van der Waals surface area (Å²) in [7, 11) is -3.76. The van der Waals surface area contributed by atoms with Gasteiger partial charge in [0.15, 0.2) is 11.5 Å². The Morgan fingerprint density at radius 3 is 2.80 bits per heavy atom. The molecule has 0 saturated heterocycles. The van der Waals surface area contributed by atoms with E-state index in [0.717, 1.165) is 0 Å². The number of hydrogen-bond donors (Lipinski definition) is 1. The summed E-state index contributed by atoms with van der Waals surface area (Å²) in [6, 6.07) is 9.65. The highest BCUT2D eigenvalue weighted by molar-refractivity contribution is 7.89. The largest absolute Gasteiger partial charge is 0.454 e. The zero-order chi connectivity index (χ0) is 17.3. The Balaban J connectivity index is 1.48. The van der Waals surface area contributed by atoms with E-state index < -0.39 is 10.0 Å². The van der Waals surface area contributed by atoms with Crippen molar-refractivity contribution in [2.24, 2.45) is 0 Å². The molecular weight excluding hydrogens is 348 g/mol. The summed E-state index contributed by atoms with van der Waals surface area (Å²) in [5, 5.41) is 7.68. The van der Waals surface area contributed by atoms with Crippen LogP contribution in [0.1, 0.15) is 5.89 Å². The van der Waals surface area contributed by atoms with Crippen LogP contribution in [0.15, 0.2) is 51.9 Å². The van der Waals surface area contributed by atoms with Crippen LogP contribution in [-0.2, 0) is 16.6 Å². The van der Waals surface area contributed by atoms with E-state index in [-0.39, 0.29) is 30.0 Å². The molecule has 0 radical (unpaired) electrons. The SMILES string of the molecule is O=S(=O)(NCc1nnc(-c2ccccn2)o1)c1ccc2c(c1)OCO2. The van der Waals surface area contributed by atoms with Crippen LogP contribution in [0, 0.1) is 0 Å². The fourth-order valence-electron chi connectivity index (χ4n) is 2.20. The zero-order valence-corrected chi connectivity index (χ0v) is 13.6. The van der Waals surface area contributed by atoms with Crippen molar-refractivity contribution in [3.63, 3.8) is 0 Å². The van der Waals surface area contributed by atoms with Crippen LogP contribution in [0.3, 0.4) is 0 Å². The van der Waals surface area contributed by atoms with Crippen molar-refractivity contribution in [1.82, 2.24) is 19.9 Å². The van der Waals surface area contributed by atoms with Crippen LogP contribution < -0.4 is 14.2 Å². The smallest absolute Gasteiger partial charge is 0.266 e. The standard InChI is InChI=1S/C15H12N4O5S/c20-25(21,10-4-5-12-13(7-10)23-9-22-12)17-8-14-18-19-15(24-14)11-3-1-2-6-16-11/h1-7,17H,8-9H2. The van der Waals surface area contributed by atoms with E-state index in [0.29, 0.717) is 17.2 Å². The number of aromatic nitrogens is 3. The van der Waals surface area contributed by atoms with Gasteiger partial charge in [0.1, 0.15) is 5.69 Å². The van der Waals surface area contributed by atoms with Gasteiger partial charge in [-0.25, -0.2) is 13.1 Å². The summed E-state index contributed by atoms with van der Waals surface area (Å²) in [5.41, 5.74) is 0.514. The van der Waals surface area contributed by atoms with Crippen molar-refractivity contribution in [1.29, 1.82) is 0 Å². The van der Waals surface area contributed by atoms with Crippen molar-refractivity contribution in [3.05, 3.63) is 48.5 Å². The van der Waals surface area contributed by atoms with E-state index in [2.05, 4.69) is 19.9 Å². The molecule has 0 amide bonds. The fourth-order valence-corrected chi connectivity index (χ4v) is 3.19. The summed E-state index contributed by atoms with van der Waals surface area (Å²) in [6.45, 7) is -0.0683. The van der Waals surface area contributed by atoms with Crippen LogP contribution in [0.5, 0.6) is 11.5 Å². The molecule has 128 valence electrons. The van der Waals surface area contributed by atoms with Crippen LogP contribution in [0.2, 0.25) is 0 Å². The second-order valence-corrected chi connectivity index (χ2v) is 6.82. The van der Waals surface area contributed by atoms with E-state index in [9.17, 15) is 8.42 Å². The van der Waals surface area contributed by atoms with Gasteiger partial charge >= 0.3 is 0 Å². The second kappa shape index (κ2) is 6.15. The summed E-state index contributed by atoms with van der Waals surface area (Å²) >= 11 is 0. The Morgan fingerprint density at radius 2 is 1.96 bits per heavy atom. The molecule has 0 fully saturated rings. The third kappa shape index (κ3) is 3.16. The predicted molar refractivity (Wildman–Crippen MR) is 84.1 cm³/mol. The monoisotopic (exact) mass is 360 g/mol. The molecule has 3 heterocycles. The normalized spacial score (nSPS) is 13.1. The molecule has 3 aromatic rings. The molecule has 1 aromatic carbocycles. The number of ether oxygens (including phenoxy) is 2. The minimum Gasteiger partial charge on any atom is -0.454 e. The van der Waals surface area contributed by atoms with Crippen LogP contribution in [0.25, 0.3) is 11.6 Å². The Bertz CT molecular complexity index is 1000. The summed E-state index contributed by atoms with van der Waals surface area (Å²) in [5.74, 6) is 1.25. The van der Waals surface area contributed by atoms with Gasteiger partial charge in [0, 0.05) is 12.3 Å². The molecule has 9 nitrogen and oxygen atoms in total. The zero-order valence-electron chi connectivity index (χ0n) is 12.7. The third-order valence-electron chi connectivity index (χ3n) is 3.42. The average molecular weight is 360 g/mol. The van der Waals surface area contributed by atoms with Gasteiger partial charge in [-0.1, -0.05) is 6.07 Å². The van der Waals surface area contributed by atoms with Crippen molar-refractivity contribution in [3.8, 4) is 23.1 Å². The third-order valence-corrected chi connectivity index (χ3v) is 4.82. The molecule has 4 rings (SSSR count). The lowest BCUT2D eigenvalue weighted by atomic mass is 10.3. The molecule has 0 saturated carbocycles. The Labute approximate surface area is 142 Å². The summed E-state index contributed by atoms with van der Waals surface area (Å²) in [6.07, 6.45) is 1.60. The van der Waals surface area contributed by atoms with E-state index >= 15 is 0 Å². The number of nitrogens with one attached hydrogen (secondary N) is 1. The maximum absolute atomic E-state index is 12.4. The van der Waals surface area contributed by atoms with Gasteiger partial charge in [0.2, 0.25) is 22.7 Å². The maximum atomic E-state index is 12.4. The Morgan fingerprint density at radius 1 is 1.08 bits per heavy atom. The molecule has 0 unspecified atom stereocenters. The van der Waals surface area contributed by atoms with E-state index in [1.165, 1.54) is 12.1 Å². The van der Waals surface area contributed by atoms with Crippen molar-refractivity contribution in [2.75, 3.05) is 6.79 Å². The van der Waals surface area contributed by atoms with Crippen molar-refractivity contribution in [2.45, 2.75) is 11.4 Å². The predicted octanol–water partition coefficient (Wildman–Crippen LogP) is 1.34. The Hall–Kier alpha value is -2.98. The quantitative estimate of drug-likeness (QED) is 0.724. The molecule has 0 aliphatic carbocycles. The topological polar surface area (TPSA) is 116 Å². The molecule has 25 heavy (non-hydrogen) atoms. The molecule has 2 aromatic heterocycles. The molecule has 0 atom stereocenters. The maximum Gasteiger partial charge on any atom is 0.266 e. The summed E-state index contributed by atoms with van der Waals surface area (Å²) in [4.78, 5) is 4.15. The number of sulfonamides is 1. The Kier molecular flexibility index (Phi) is 3.82. The molecular formula is C15H12N4O5S.